The Balaban J connectivity index is 1.29. The number of rotatable bonds is 5. The Bertz CT molecular complexity index is 1120. The van der Waals surface area contributed by atoms with Gasteiger partial charge in [-0.15, -0.1) is 0 Å². The molecule has 0 saturated carbocycles. The van der Waals surface area contributed by atoms with Crippen LogP contribution < -0.4 is 15.0 Å². The highest BCUT2D eigenvalue weighted by Crippen LogP contribution is 2.32. The van der Waals surface area contributed by atoms with Gasteiger partial charge in [-0.3, -0.25) is 4.79 Å². The first-order valence-corrected chi connectivity index (χ1v) is 10.4. The number of amides is 1. The second kappa shape index (κ2) is 8.25. The van der Waals surface area contributed by atoms with Gasteiger partial charge in [-0.1, -0.05) is 5.16 Å². The van der Waals surface area contributed by atoms with Crippen molar-refractivity contribution in [3.63, 3.8) is 0 Å². The number of carbonyl (C=O) groups is 1. The van der Waals surface area contributed by atoms with Crippen molar-refractivity contribution in [1.82, 2.24) is 10.3 Å². The van der Waals surface area contributed by atoms with Gasteiger partial charge in [0.1, 0.15) is 5.75 Å². The van der Waals surface area contributed by atoms with Crippen molar-refractivity contribution < 1.29 is 19.0 Å². The van der Waals surface area contributed by atoms with Crippen LogP contribution in [0.1, 0.15) is 31.2 Å². The van der Waals surface area contributed by atoms with Crippen LogP contribution in [0.2, 0.25) is 0 Å². The van der Waals surface area contributed by atoms with Crippen molar-refractivity contribution in [2.75, 3.05) is 30.4 Å². The molecule has 1 unspecified atom stereocenters. The van der Waals surface area contributed by atoms with Crippen LogP contribution in [0.25, 0.3) is 11.0 Å². The van der Waals surface area contributed by atoms with Crippen LogP contribution in [0.4, 0.5) is 11.4 Å². The van der Waals surface area contributed by atoms with Gasteiger partial charge < -0.3 is 19.8 Å². The average Bonchev–Trinajstić information content (AvgIpc) is 3.50. The number of nitrogens with one attached hydrogen (secondary N) is 1. The summed E-state index contributed by atoms with van der Waals surface area (Å²) < 4.78 is 10.2. The highest BCUT2D eigenvalue weighted by atomic mass is 16.6. The van der Waals surface area contributed by atoms with Gasteiger partial charge in [0, 0.05) is 19.5 Å². The lowest BCUT2D eigenvalue weighted by atomic mass is 10.0. The molecule has 9 heteroatoms. The highest BCUT2D eigenvalue weighted by Gasteiger charge is 2.30. The normalized spacial score (nSPS) is 18.5. The smallest absolute Gasteiger partial charge is 0.268 e. The molecule has 3 aromatic rings. The number of piperidine rings is 1. The number of fused-ring (bicyclic) bond motifs is 1. The number of carbonyl (C=O) groups excluding carboxylic acids is 1. The molecule has 9 nitrogen and oxygen atoms in total. The van der Waals surface area contributed by atoms with E-state index >= 15 is 0 Å². The van der Waals surface area contributed by atoms with Crippen molar-refractivity contribution in [2.24, 2.45) is 5.16 Å². The first-order chi connectivity index (χ1) is 15.2. The molecule has 0 radical (unpaired) electrons. The monoisotopic (exact) mass is 421 g/mol. The Hall–Kier alpha value is -3.62. The second-order valence-corrected chi connectivity index (χ2v) is 7.70. The fraction of sp³-hybridized carbons (Fsp3) is 0.364. The lowest BCUT2D eigenvalue weighted by Gasteiger charge is -2.28. The molecule has 0 bridgehead atoms. The van der Waals surface area contributed by atoms with Gasteiger partial charge in [0.15, 0.2) is 11.0 Å². The van der Waals surface area contributed by atoms with Gasteiger partial charge in [-0.2, -0.15) is 0 Å². The first kappa shape index (κ1) is 19.3. The maximum absolute atomic E-state index is 12.8. The fourth-order valence-electron chi connectivity index (χ4n) is 4.03. The Labute approximate surface area is 178 Å². The first-order valence-electron chi connectivity index (χ1n) is 10.4. The quantitative estimate of drug-likeness (QED) is 0.674. The van der Waals surface area contributed by atoms with Crippen LogP contribution in [-0.2, 0) is 9.63 Å². The highest BCUT2D eigenvalue weighted by molar-refractivity contribution is 6.08. The van der Waals surface area contributed by atoms with E-state index in [9.17, 15) is 4.79 Å². The van der Waals surface area contributed by atoms with Crippen molar-refractivity contribution in [1.29, 1.82) is 0 Å². The number of benzene rings is 2. The molecule has 0 aliphatic carbocycles. The molecule has 0 spiro atoms. The number of hydrogen-bond donors (Lipinski definition) is 1. The minimum Gasteiger partial charge on any atom is -0.497 e. The van der Waals surface area contributed by atoms with Gasteiger partial charge in [0.25, 0.3) is 5.91 Å². The average molecular weight is 421 g/mol. The third-order valence-corrected chi connectivity index (χ3v) is 5.73. The molecule has 1 atom stereocenters. The molecule has 2 aliphatic rings. The van der Waals surface area contributed by atoms with E-state index in [0.717, 1.165) is 48.6 Å². The lowest BCUT2D eigenvalue weighted by molar-refractivity contribution is -0.125. The van der Waals surface area contributed by atoms with Crippen LogP contribution in [0.3, 0.4) is 0 Å². The number of aromatic nitrogens is 2. The van der Waals surface area contributed by atoms with Gasteiger partial charge >= 0.3 is 0 Å². The third kappa shape index (κ3) is 3.78. The minimum atomic E-state index is -0.714. The zero-order chi connectivity index (χ0) is 21.2. The number of oxime groups is 1. The van der Waals surface area contributed by atoms with E-state index in [1.807, 2.05) is 36.4 Å². The zero-order valence-electron chi connectivity index (χ0n) is 17.2. The van der Waals surface area contributed by atoms with Gasteiger partial charge in [-0.05, 0) is 71.5 Å². The van der Waals surface area contributed by atoms with E-state index in [0.29, 0.717) is 23.1 Å². The summed E-state index contributed by atoms with van der Waals surface area (Å²) >= 11 is 0. The Morgan fingerprint density at radius 3 is 2.61 bits per heavy atom. The molecular weight excluding hydrogens is 398 g/mol. The summed E-state index contributed by atoms with van der Waals surface area (Å²) in [4.78, 5) is 20.5. The van der Waals surface area contributed by atoms with Crippen LogP contribution in [0.5, 0.6) is 5.75 Å². The van der Waals surface area contributed by atoms with Crippen molar-refractivity contribution in [2.45, 2.75) is 31.8 Å². The number of methoxy groups -OCH3 is 1. The Morgan fingerprint density at radius 1 is 1.06 bits per heavy atom. The van der Waals surface area contributed by atoms with E-state index < -0.39 is 6.10 Å². The summed E-state index contributed by atoms with van der Waals surface area (Å²) in [6, 6.07) is 11.3. The standard InChI is InChI=1S/C22H23N5O4/c1-29-15-7-5-14(6-8-15)17-13-19(30-24-17)22(28)23-16-9-10-18(21-20(16)25-31-26-21)27-11-3-2-4-12-27/h5-10,19H,2-4,11-13H2,1H3,(H,23,28). The summed E-state index contributed by atoms with van der Waals surface area (Å²) in [6.07, 6.45) is 3.22. The van der Waals surface area contributed by atoms with E-state index in [1.165, 1.54) is 6.42 Å². The van der Waals surface area contributed by atoms with Gasteiger partial charge in [0.2, 0.25) is 6.10 Å². The summed E-state index contributed by atoms with van der Waals surface area (Å²) in [7, 11) is 1.62. The molecule has 1 N–H and O–H groups in total. The minimum absolute atomic E-state index is 0.290. The van der Waals surface area contributed by atoms with E-state index in [-0.39, 0.29) is 5.91 Å². The molecule has 5 rings (SSSR count). The summed E-state index contributed by atoms with van der Waals surface area (Å²) in [5.74, 6) is 0.470. The topological polar surface area (TPSA) is 102 Å². The number of hydrogen-bond acceptors (Lipinski definition) is 8. The van der Waals surface area contributed by atoms with Crippen LogP contribution in [0.15, 0.2) is 46.2 Å². The Kier molecular flexibility index (Phi) is 5.15. The molecule has 3 heterocycles. The molecule has 31 heavy (non-hydrogen) atoms. The summed E-state index contributed by atoms with van der Waals surface area (Å²) in [5, 5.41) is 15.1. The molecule has 1 amide bonds. The predicted octanol–water partition coefficient (Wildman–Crippen LogP) is 3.35. The lowest BCUT2D eigenvalue weighted by Crippen LogP contribution is -2.30. The summed E-state index contributed by atoms with van der Waals surface area (Å²) in [5.41, 5.74) is 4.33. The zero-order valence-corrected chi connectivity index (χ0v) is 17.2. The van der Waals surface area contributed by atoms with Gasteiger partial charge in [-0.25, -0.2) is 4.63 Å². The number of anilines is 2. The molecule has 2 aromatic carbocycles. The van der Waals surface area contributed by atoms with Crippen LogP contribution >= 0.6 is 0 Å². The molecular formula is C22H23N5O4. The van der Waals surface area contributed by atoms with Crippen LogP contribution in [0, 0.1) is 0 Å². The number of nitrogens with zero attached hydrogens (tertiary/aromatic N) is 4. The van der Waals surface area contributed by atoms with Gasteiger partial charge in [0.05, 0.1) is 24.2 Å². The van der Waals surface area contributed by atoms with Crippen molar-refractivity contribution >= 4 is 34.0 Å². The molecule has 160 valence electrons. The van der Waals surface area contributed by atoms with Crippen molar-refractivity contribution in [3.8, 4) is 5.75 Å². The summed E-state index contributed by atoms with van der Waals surface area (Å²) in [6.45, 7) is 1.96. The molecule has 1 fully saturated rings. The van der Waals surface area contributed by atoms with Crippen molar-refractivity contribution in [3.05, 3.63) is 42.0 Å². The fourth-order valence-corrected chi connectivity index (χ4v) is 4.03. The largest absolute Gasteiger partial charge is 0.497 e. The van der Waals surface area contributed by atoms with E-state index in [1.54, 1.807) is 7.11 Å². The number of ether oxygens (including phenoxy) is 1. The van der Waals surface area contributed by atoms with E-state index in [4.69, 9.17) is 14.2 Å². The maximum Gasteiger partial charge on any atom is 0.268 e. The molecule has 1 saturated heterocycles. The second-order valence-electron chi connectivity index (χ2n) is 7.70. The maximum atomic E-state index is 12.8. The SMILES string of the molecule is COc1ccc(C2=NOC(C(=O)Nc3ccc(N4CCCCC4)c4nonc34)C2)cc1. The molecule has 1 aromatic heterocycles. The predicted molar refractivity (Wildman–Crippen MR) is 116 cm³/mol. The third-order valence-electron chi connectivity index (χ3n) is 5.73. The Morgan fingerprint density at radius 2 is 1.84 bits per heavy atom. The van der Waals surface area contributed by atoms with Crippen LogP contribution in [-0.4, -0.2) is 48.2 Å². The molecule has 2 aliphatic heterocycles. The van der Waals surface area contributed by atoms with E-state index in [2.05, 4.69) is 25.7 Å².